The van der Waals surface area contributed by atoms with Crippen LogP contribution in [0.3, 0.4) is 0 Å². The first kappa shape index (κ1) is 15.2. The summed E-state index contributed by atoms with van der Waals surface area (Å²) in [5.74, 6) is 0.107. The number of hydrogen-bond donors (Lipinski definition) is 2. The SMILES string of the molecule is O=C(CNc1ccc(N2CCCC2)cc1)NC1CCCCC1. The van der Waals surface area contributed by atoms with Crippen LogP contribution < -0.4 is 15.5 Å². The maximum Gasteiger partial charge on any atom is 0.239 e. The molecule has 1 aliphatic carbocycles. The molecular formula is C18H27N3O. The van der Waals surface area contributed by atoms with E-state index in [-0.39, 0.29) is 5.91 Å². The molecule has 1 aromatic carbocycles. The van der Waals surface area contributed by atoms with Gasteiger partial charge in [-0.25, -0.2) is 0 Å². The lowest BCUT2D eigenvalue weighted by Crippen LogP contribution is -2.39. The summed E-state index contributed by atoms with van der Waals surface area (Å²) >= 11 is 0. The molecule has 4 nitrogen and oxygen atoms in total. The minimum absolute atomic E-state index is 0.107. The molecule has 0 aromatic heterocycles. The Hall–Kier alpha value is -1.71. The van der Waals surface area contributed by atoms with Crippen molar-refractivity contribution in [1.82, 2.24) is 5.32 Å². The predicted octanol–water partition coefficient (Wildman–Crippen LogP) is 3.15. The van der Waals surface area contributed by atoms with Crippen LogP contribution >= 0.6 is 0 Å². The van der Waals surface area contributed by atoms with Crippen molar-refractivity contribution in [1.29, 1.82) is 0 Å². The van der Waals surface area contributed by atoms with Gasteiger partial charge in [0.2, 0.25) is 5.91 Å². The molecule has 1 amide bonds. The summed E-state index contributed by atoms with van der Waals surface area (Å²) in [6.45, 7) is 2.69. The van der Waals surface area contributed by atoms with Gasteiger partial charge in [0.25, 0.3) is 0 Å². The summed E-state index contributed by atoms with van der Waals surface area (Å²) < 4.78 is 0. The topological polar surface area (TPSA) is 44.4 Å². The van der Waals surface area contributed by atoms with Crippen LogP contribution in [0.5, 0.6) is 0 Å². The van der Waals surface area contributed by atoms with Crippen molar-refractivity contribution in [3.05, 3.63) is 24.3 Å². The highest BCUT2D eigenvalue weighted by molar-refractivity contribution is 5.81. The lowest BCUT2D eigenvalue weighted by atomic mass is 9.95. The largest absolute Gasteiger partial charge is 0.376 e. The number of carbonyl (C=O) groups excluding carboxylic acids is 1. The third kappa shape index (κ3) is 4.15. The van der Waals surface area contributed by atoms with E-state index in [1.165, 1.54) is 37.8 Å². The Labute approximate surface area is 133 Å². The van der Waals surface area contributed by atoms with Crippen LogP contribution in [0.2, 0.25) is 0 Å². The first-order valence-corrected chi connectivity index (χ1v) is 8.69. The van der Waals surface area contributed by atoms with Gasteiger partial charge < -0.3 is 15.5 Å². The zero-order valence-electron chi connectivity index (χ0n) is 13.3. The fourth-order valence-corrected chi connectivity index (χ4v) is 3.47. The van der Waals surface area contributed by atoms with E-state index >= 15 is 0 Å². The van der Waals surface area contributed by atoms with Crippen molar-refractivity contribution in [3.63, 3.8) is 0 Å². The minimum Gasteiger partial charge on any atom is -0.376 e. The fourth-order valence-electron chi connectivity index (χ4n) is 3.47. The summed E-state index contributed by atoms with van der Waals surface area (Å²) in [5, 5.41) is 6.36. The maximum absolute atomic E-state index is 12.0. The normalized spacial score (nSPS) is 19.2. The van der Waals surface area contributed by atoms with Crippen molar-refractivity contribution in [2.75, 3.05) is 29.9 Å². The fraction of sp³-hybridized carbons (Fsp3) is 0.611. The number of hydrogen-bond acceptors (Lipinski definition) is 3. The quantitative estimate of drug-likeness (QED) is 0.878. The highest BCUT2D eigenvalue weighted by Gasteiger charge is 2.15. The molecule has 1 heterocycles. The van der Waals surface area contributed by atoms with E-state index in [2.05, 4.69) is 39.8 Å². The van der Waals surface area contributed by atoms with E-state index in [9.17, 15) is 4.79 Å². The van der Waals surface area contributed by atoms with E-state index < -0.39 is 0 Å². The van der Waals surface area contributed by atoms with Crippen LogP contribution in [0.15, 0.2) is 24.3 Å². The van der Waals surface area contributed by atoms with Crippen LogP contribution in [-0.4, -0.2) is 31.6 Å². The second-order valence-electron chi connectivity index (χ2n) is 6.50. The third-order valence-corrected chi connectivity index (χ3v) is 4.76. The van der Waals surface area contributed by atoms with E-state index in [1.54, 1.807) is 0 Å². The zero-order valence-corrected chi connectivity index (χ0v) is 13.3. The van der Waals surface area contributed by atoms with Gasteiger partial charge in [-0.1, -0.05) is 19.3 Å². The van der Waals surface area contributed by atoms with E-state index in [0.29, 0.717) is 12.6 Å². The van der Waals surface area contributed by atoms with Gasteiger partial charge in [0, 0.05) is 30.5 Å². The molecule has 1 saturated carbocycles. The van der Waals surface area contributed by atoms with Crippen molar-refractivity contribution in [2.24, 2.45) is 0 Å². The number of benzene rings is 1. The Morgan fingerprint density at radius 2 is 1.68 bits per heavy atom. The lowest BCUT2D eigenvalue weighted by Gasteiger charge is -2.23. The van der Waals surface area contributed by atoms with Crippen LogP contribution in [0.1, 0.15) is 44.9 Å². The van der Waals surface area contributed by atoms with Gasteiger partial charge in [0.1, 0.15) is 0 Å². The predicted molar refractivity (Wildman–Crippen MR) is 91.4 cm³/mol. The second kappa shape index (κ2) is 7.52. The summed E-state index contributed by atoms with van der Waals surface area (Å²) in [4.78, 5) is 14.4. The Bertz CT molecular complexity index is 474. The molecule has 1 aromatic rings. The number of rotatable bonds is 5. The van der Waals surface area contributed by atoms with Crippen molar-refractivity contribution >= 4 is 17.3 Å². The maximum atomic E-state index is 12.0. The number of amides is 1. The van der Waals surface area contributed by atoms with Crippen LogP contribution in [0.4, 0.5) is 11.4 Å². The van der Waals surface area contributed by atoms with Gasteiger partial charge >= 0.3 is 0 Å². The highest BCUT2D eigenvalue weighted by Crippen LogP contribution is 2.22. The third-order valence-electron chi connectivity index (χ3n) is 4.76. The summed E-state index contributed by atoms with van der Waals surface area (Å²) in [6.07, 6.45) is 8.66. The monoisotopic (exact) mass is 301 g/mol. The van der Waals surface area contributed by atoms with Gasteiger partial charge in [0.15, 0.2) is 0 Å². The molecule has 22 heavy (non-hydrogen) atoms. The molecular weight excluding hydrogens is 274 g/mol. The van der Waals surface area contributed by atoms with E-state index in [0.717, 1.165) is 31.6 Å². The average molecular weight is 301 g/mol. The van der Waals surface area contributed by atoms with Gasteiger partial charge in [-0.15, -0.1) is 0 Å². The van der Waals surface area contributed by atoms with Crippen molar-refractivity contribution < 1.29 is 4.79 Å². The number of nitrogens with one attached hydrogen (secondary N) is 2. The molecule has 2 aliphatic rings. The zero-order chi connectivity index (χ0) is 15.2. The molecule has 2 N–H and O–H groups in total. The molecule has 0 radical (unpaired) electrons. The van der Waals surface area contributed by atoms with Gasteiger partial charge in [-0.3, -0.25) is 4.79 Å². The lowest BCUT2D eigenvalue weighted by molar-refractivity contribution is -0.120. The molecule has 4 heteroatoms. The van der Waals surface area contributed by atoms with Crippen LogP contribution in [0, 0.1) is 0 Å². The van der Waals surface area contributed by atoms with Crippen molar-refractivity contribution in [2.45, 2.75) is 51.0 Å². The molecule has 0 bridgehead atoms. The van der Waals surface area contributed by atoms with Gasteiger partial charge in [-0.05, 0) is 49.9 Å². The summed E-state index contributed by atoms with van der Waals surface area (Å²) in [7, 11) is 0. The molecule has 3 rings (SSSR count). The molecule has 0 atom stereocenters. The standard InChI is InChI=1S/C18H27N3O/c22-18(20-16-6-2-1-3-7-16)14-19-15-8-10-17(11-9-15)21-12-4-5-13-21/h8-11,16,19H,1-7,12-14H2,(H,20,22). The smallest absolute Gasteiger partial charge is 0.239 e. The highest BCUT2D eigenvalue weighted by atomic mass is 16.1. The van der Waals surface area contributed by atoms with Crippen LogP contribution in [-0.2, 0) is 4.79 Å². The number of nitrogens with zero attached hydrogens (tertiary/aromatic N) is 1. The minimum atomic E-state index is 0.107. The summed E-state index contributed by atoms with van der Waals surface area (Å²) in [5.41, 5.74) is 2.30. The molecule has 1 aliphatic heterocycles. The average Bonchev–Trinajstić information content (AvgIpc) is 3.09. The van der Waals surface area contributed by atoms with Gasteiger partial charge in [-0.2, -0.15) is 0 Å². The van der Waals surface area contributed by atoms with Gasteiger partial charge in [0.05, 0.1) is 6.54 Å². The molecule has 1 saturated heterocycles. The van der Waals surface area contributed by atoms with Crippen LogP contribution in [0.25, 0.3) is 0 Å². The van der Waals surface area contributed by atoms with Crippen molar-refractivity contribution in [3.8, 4) is 0 Å². The first-order chi connectivity index (χ1) is 10.8. The first-order valence-electron chi connectivity index (χ1n) is 8.69. The Kier molecular flexibility index (Phi) is 5.20. The number of carbonyl (C=O) groups is 1. The second-order valence-corrected chi connectivity index (χ2v) is 6.50. The Morgan fingerprint density at radius 1 is 1.00 bits per heavy atom. The Morgan fingerprint density at radius 3 is 2.36 bits per heavy atom. The van der Waals surface area contributed by atoms with E-state index in [1.807, 2.05) is 0 Å². The molecule has 120 valence electrons. The molecule has 0 unspecified atom stereocenters. The summed E-state index contributed by atoms with van der Waals surface area (Å²) in [6, 6.07) is 8.82. The Balaban J connectivity index is 1.43. The number of anilines is 2. The molecule has 2 fully saturated rings. The molecule has 0 spiro atoms. The van der Waals surface area contributed by atoms with E-state index in [4.69, 9.17) is 0 Å².